The van der Waals surface area contributed by atoms with E-state index in [1.165, 1.54) is 9.08 Å². The smallest absolute Gasteiger partial charge is 0.351 e. The van der Waals surface area contributed by atoms with Gasteiger partial charge in [0.2, 0.25) is 5.95 Å². The highest BCUT2D eigenvalue weighted by Crippen LogP contribution is 2.35. The second kappa shape index (κ2) is 9.52. The van der Waals surface area contributed by atoms with Gasteiger partial charge in [-0.1, -0.05) is 53.5 Å². The van der Waals surface area contributed by atoms with E-state index in [0.717, 1.165) is 27.9 Å². The minimum atomic E-state index is -0.266. The normalized spacial score (nSPS) is 11.2. The zero-order valence-corrected chi connectivity index (χ0v) is 20.7. The molecule has 0 unspecified atom stereocenters. The number of hydrogen-bond acceptors (Lipinski definition) is 5. The molecule has 3 aromatic heterocycles. The van der Waals surface area contributed by atoms with Gasteiger partial charge in [-0.25, -0.2) is 18.9 Å². The summed E-state index contributed by atoms with van der Waals surface area (Å²) in [5.41, 5.74) is 5.24. The van der Waals surface area contributed by atoms with Crippen LogP contribution >= 0.6 is 23.2 Å². The van der Waals surface area contributed by atoms with Crippen LogP contribution in [-0.2, 0) is 13.1 Å². The Morgan fingerprint density at radius 3 is 2.17 bits per heavy atom. The van der Waals surface area contributed by atoms with Crippen LogP contribution in [0, 0.1) is 6.92 Å². The molecule has 9 heteroatoms. The predicted octanol–water partition coefficient (Wildman–Crippen LogP) is 5.87. The van der Waals surface area contributed by atoms with Crippen molar-refractivity contribution in [1.29, 1.82) is 0 Å². The number of aromatic nitrogens is 5. The number of benzene rings is 2. The third-order valence-electron chi connectivity index (χ3n) is 5.70. The maximum absolute atomic E-state index is 13.3. The molecule has 0 saturated heterocycles. The number of aryl methyl sites for hydroxylation is 2. The molecular weight excluding hydrogens is 483 g/mol. The summed E-state index contributed by atoms with van der Waals surface area (Å²) in [5, 5.41) is 9.24. The molecule has 0 aliphatic rings. The first kappa shape index (κ1) is 23.1. The standard InChI is InChI=1S/C26H22Cl2N6O/c1-3-33-26(35)34-24(32-33)22(18-6-10-20(27)11-7-18)23(19-8-12-21(28)13-9-19)31-25(34)30-15-17-5-4-16(2)29-14-17/h4-14H,3,15H2,1-2H3,(H,30,31). The van der Waals surface area contributed by atoms with Crippen LogP contribution < -0.4 is 11.0 Å². The summed E-state index contributed by atoms with van der Waals surface area (Å²) in [6, 6.07) is 18.8. The van der Waals surface area contributed by atoms with Gasteiger partial charge in [-0.2, -0.15) is 0 Å². The summed E-state index contributed by atoms with van der Waals surface area (Å²) in [6.45, 7) is 4.70. The first-order valence-electron chi connectivity index (χ1n) is 11.2. The average molecular weight is 505 g/mol. The Balaban J connectivity index is 1.76. The zero-order chi connectivity index (χ0) is 24.5. The summed E-state index contributed by atoms with van der Waals surface area (Å²) < 4.78 is 2.95. The second-order valence-electron chi connectivity index (χ2n) is 8.09. The third kappa shape index (κ3) is 4.52. The van der Waals surface area contributed by atoms with Gasteiger partial charge in [0, 0.05) is 40.6 Å². The van der Waals surface area contributed by atoms with E-state index >= 15 is 0 Å². The summed E-state index contributed by atoms with van der Waals surface area (Å²) in [6.07, 6.45) is 1.81. The van der Waals surface area contributed by atoms with Crippen LogP contribution in [0.1, 0.15) is 18.2 Å². The summed E-state index contributed by atoms with van der Waals surface area (Å²) in [4.78, 5) is 22.6. The molecule has 5 aromatic rings. The van der Waals surface area contributed by atoms with Gasteiger partial charge in [-0.05, 0) is 55.3 Å². The van der Waals surface area contributed by atoms with E-state index in [9.17, 15) is 4.79 Å². The van der Waals surface area contributed by atoms with Crippen LogP contribution in [-0.4, -0.2) is 24.1 Å². The van der Waals surface area contributed by atoms with Gasteiger partial charge in [0.05, 0.1) is 11.3 Å². The van der Waals surface area contributed by atoms with Crippen LogP contribution in [0.5, 0.6) is 0 Å². The fourth-order valence-electron chi connectivity index (χ4n) is 3.89. The van der Waals surface area contributed by atoms with Crippen LogP contribution in [0.3, 0.4) is 0 Å². The minimum absolute atomic E-state index is 0.266. The maximum atomic E-state index is 13.3. The summed E-state index contributed by atoms with van der Waals surface area (Å²) >= 11 is 12.3. The van der Waals surface area contributed by atoms with E-state index in [0.29, 0.717) is 40.4 Å². The molecular formula is C26H22Cl2N6O. The third-order valence-corrected chi connectivity index (χ3v) is 6.21. The Hall–Kier alpha value is -3.68. The number of anilines is 1. The number of nitrogens with zero attached hydrogens (tertiary/aromatic N) is 5. The van der Waals surface area contributed by atoms with Gasteiger partial charge in [-0.15, -0.1) is 5.10 Å². The zero-order valence-electron chi connectivity index (χ0n) is 19.2. The van der Waals surface area contributed by atoms with Gasteiger partial charge in [0.1, 0.15) is 0 Å². The van der Waals surface area contributed by atoms with Crippen LogP contribution in [0.15, 0.2) is 71.7 Å². The van der Waals surface area contributed by atoms with Gasteiger partial charge in [0.15, 0.2) is 5.65 Å². The van der Waals surface area contributed by atoms with Crippen molar-refractivity contribution in [3.63, 3.8) is 0 Å². The number of rotatable bonds is 6. The number of nitrogens with one attached hydrogen (secondary N) is 1. The van der Waals surface area contributed by atoms with E-state index in [1.807, 2.05) is 74.5 Å². The molecule has 0 atom stereocenters. The van der Waals surface area contributed by atoms with Crippen molar-refractivity contribution in [3.8, 4) is 22.4 Å². The Morgan fingerprint density at radius 2 is 1.57 bits per heavy atom. The fraction of sp³-hybridized carbons (Fsp3) is 0.154. The molecule has 2 aromatic carbocycles. The molecule has 7 nitrogen and oxygen atoms in total. The lowest BCUT2D eigenvalue weighted by Crippen LogP contribution is -2.23. The highest BCUT2D eigenvalue weighted by Gasteiger charge is 2.22. The van der Waals surface area contributed by atoms with Gasteiger partial charge in [-0.3, -0.25) is 4.98 Å². The molecule has 1 N–H and O–H groups in total. The monoisotopic (exact) mass is 504 g/mol. The molecule has 35 heavy (non-hydrogen) atoms. The Kier molecular flexibility index (Phi) is 6.28. The first-order chi connectivity index (χ1) is 16.9. The van der Waals surface area contributed by atoms with E-state index in [-0.39, 0.29) is 5.69 Å². The van der Waals surface area contributed by atoms with Gasteiger partial charge in [0.25, 0.3) is 0 Å². The number of hydrogen-bond donors (Lipinski definition) is 1. The minimum Gasteiger partial charge on any atom is -0.351 e. The van der Waals surface area contributed by atoms with Crippen molar-refractivity contribution in [1.82, 2.24) is 24.1 Å². The van der Waals surface area contributed by atoms with E-state index in [2.05, 4.69) is 15.4 Å². The number of halogens is 2. The molecule has 176 valence electrons. The molecule has 0 saturated carbocycles. The lowest BCUT2D eigenvalue weighted by Gasteiger charge is -2.15. The molecule has 3 heterocycles. The SMILES string of the molecule is CCn1nc2c(-c3ccc(Cl)cc3)c(-c3ccc(Cl)cc3)nc(NCc3ccc(C)nc3)n2c1=O. The second-order valence-corrected chi connectivity index (χ2v) is 8.96. The lowest BCUT2D eigenvalue weighted by atomic mass is 10.00. The van der Waals surface area contributed by atoms with Crippen LogP contribution in [0.25, 0.3) is 28.0 Å². The number of fused-ring (bicyclic) bond motifs is 1. The maximum Gasteiger partial charge on any atom is 0.353 e. The molecule has 0 spiro atoms. The van der Waals surface area contributed by atoms with Crippen molar-refractivity contribution in [2.24, 2.45) is 0 Å². The van der Waals surface area contributed by atoms with Crippen molar-refractivity contribution in [3.05, 3.63) is 98.6 Å². The summed E-state index contributed by atoms with van der Waals surface area (Å²) in [7, 11) is 0. The van der Waals surface area contributed by atoms with E-state index in [1.54, 1.807) is 6.20 Å². The highest BCUT2D eigenvalue weighted by atomic mass is 35.5. The largest absolute Gasteiger partial charge is 0.353 e. The predicted molar refractivity (Wildman–Crippen MR) is 140 cm³/mol. The van der Waals surface area contributed by atoms with Crippen molar-refractivity contribution in [2.45, 2.75) is 26.9 Å². The molecule has 0 fully saturated rings. The highest BCUT2D eigenvalue weighted by molar-refractivity contribution is 6.31. The summed E-state index contributed by atoms with van der Waals surface area (Å²) in [5.74, 6) is 0.396. The molecule has 5 rings (SSSR count). The van der Waals surface area contributed by atoms with E-state index < -0.39 is 0 Å². The van der Waals surface area contributed by atoms with Crippen LogP contribution in [0.2, 0.25) is 10.0 Å². The topological polar surface area (TPSA) is 77.1 Å². The average Bonchev–Trinajstić information content (AvgIpc) is 3.20. The van der Waals surface area contributed by atoms with E-state index in [4.69, 9.17) is 28.2 Å². The Labute approximate surface area is 212 Å². The quantitative estimate of drug-likeness (QED) is 0.313. The van der Waals surface area contributed by atoms with Crippen molar-refractivity contribution in [2.75, 3.05) is 5.32 Å². The Bertz CT molecular complexity index is 1560. The fourth-order valence-corrected chi connectivity index (χ4v) is 4.14. The molecule has 0 amide bonds. The molecule has 0 aliphatic carbocycles. The Morgan fingerprint density at radius 1 is 0.914 bits per heavy atom. The number of pyridine rings is 1. The molecule has 0 radical (unpaired) electrons. The molecule has 0 bridgehead atoms. The lowest BCUT2D eigenvalue weighted by molar-refractivity contribution is 0.633. The van der Waals surface area contributed by atoms with Gasteiger partial charge < -0.3 is 5.32 Å². The van der Waals surface area contributed by atoms with Gasteiger partial charge >= 0.3 is 5.69 Å². The first-order valence-corrected chi connectivity index (χ1v) is 11.9. The van der Waals surface area contributed by atoms with Crippen molar-refractivity contribution < 1.29 is 0 Å². The van der Waals surface area contributed by atoms with Crippen molar-refractivity contribution >= 4 is 34.8 Å². The molecule has 0 aliphatic heterocycles. The van der Waals surface area contributed by atoms with Crippen LogP contribution in [0.4, 0.5) is 5.95 Å².